The summed E-state index contributed by atoms with van der Waals surface area (Å²) in [6.07, 6.45) is 2.07. The second-order valence-electron chi connectivity index (χ2n) is 3.55. The zero-order valence-electron chi connectivity index (χ0n) is 8.98. The van der Waals surface area contributed by atoms with Crippen molar-refractivity contribution in [3.63, 3.8) is 0 Å². The molecule has 0 aliphatic carbocycles. The van der Waals surface area contributed by atoms with E-state index in [0.717, 1.165) is 12.8 Å². The fraction of sp³-hybridized carbons (Fsp3) is 0.333. The second-order valence-corrected chi connectivity index (χ2v) is 3.55. The van der Waals surface area contributed by atoms with Crippen LogP contribution in [0.15, 0.2) is 24.3 Å². The Morgan fingerprint density at radius 2 is 1.62 bits per heavy atom. The molecule has 0 atom stereocenters. The van der Waals surface area contributed by atoms with Crippen molar-refractivity contribution in [1.82, 2.24) is 0 Å². The Balaban J connectivity index is 2.59. The molecule has 4 heteroatoms. The van der Waals surface area contributed by atoms with Gasteiger partial charge in [-0.05, 0) is 31.5 Å². The van der Waals surface area contributed by atoms with Gasteiger partial charge in [-0.1, -0.05) is 12.1 Å². The van der Waals surface area contributed by atoms with Gasteiger partial charge in [-0.25, -0.2) is 4.79 Å². The molecule has 0 aliphatic rings. The number of carbonyl (C=O) groups excluding carboxylic acids is 1. The highest BCUT2D eigenvalue weighted by atomic mass is 16.4. The average Bonchev–Trinajstić information content (AvgIpc) is 2.29. The average molecular weight is 221 g/mol. The van der Waals surface area contributed by atoms with Crippen LogP contribution in [0.1, 0.15) is 40.0 Å². The predicted molar refractivity (Wildman–Crippen MR) is 60.6 cm³/mol. The fourth-order valence-electron chi connectivity index (χ4n) is 1.37. The van der Waals surface area contributed by atoms with E-state index >= 15 is 0 Å². The Morgan fingerprint density at radius 1 is 1.06 bits per heavy atom. The Hall–Kier alpha value is -1.68. The van der Waals surface area contributed by atoms with Gasteiger partial charge in [0.25, 0.3) is 0 Å². The summed E-state index contributed by atoms with van der Waals surface area (Å²) in [6.45, 7) is 0.589. The molecule has 0 bridgehead atoms. The smallest absolute Gasteiger partial charge is 0.335 e. The van der Waals surface area contributed by atoms with Gasteiger partial charge >= 0.3 is 5.97 Å². The molecule has 16 heavy (non-hydrogen) atoms. The Kier molecular flexibility index (Phi) is 4.66. The van der Waals surface area contributed by atoms with Crippen molar-refractivity contribution in [3.05, 3.63) is 35.4 Å². The summed E-state index contributed by atoms with van der Waals surface area (Å²) < 4.78 is 0. The summed E-state index contributed by atoms with van der Waals surface area (Å²) >= 11 is 0. The number of carbonyl (C=O) groups is 2. The third-order valence-electron chi connectivity index (χ3n) is 2.31. The first-order chi connectivity index (χ1) is 7.65. The molecule has 4 nitrogen and oxygen atoms in total. The molecule has 0 saturated carbocycles. The van der Waals surface area contributed by atoms with Gasteiger partial charge in [-0.15, -0.1) is 0 Å². The normalized spacial score (nSPS) is 10.1. The minimum atomic E-state index is -0.984. The van der Waals surface area contributed by atoms with Crippen molar-refractivity contribution in [2.45, 2.75) is 19.3 Å². The largest absolute Gasteiger partial charge is 0.478 e. The van der Waals surface area contributed by atoms with E-state index in [0.29, 0.717) is 18.5 Å². The highest BCUT2D eigenvalue weighted by Gasteiger charge is 2.07. The van der Waals surface area contributed by atoms with Gasteiger partial charge in [-0.2, -0.15) is 0 Å². The van der Waals surface area contributed by atoms with Crippen molar-refractivity contribution in [2.75, 3.05) is 6.54 Å². The van der Waals surface area contributed by atoms with E-state index < -0.39 is 5.97 Å². The van der Waals surface area contributed by atoms with E-state index in [-0.39, 0.29) is 11.3 Å². The molecule has 3 N–H and O–H groups in total. The molecule has 86 valence electrons. The molecular weight excluding hydrogens is 206 g/mol. The van der Waals surface area contributed by atoms with Gasteiger partial charge in [0.05, 0.1) is 5.56 Å². The van der Waals surface area contributed by atoms with Crippen LogP contribution in [0.3, 0.4) is 0 Å². The first-order valence-electron chi connectivity index (χ1n) is 5.22. The van der Waals surface area contributed by atoms with Crippen LogP contribution in [0.4, 0.5) is 0 Å². The van der Waals surface area contributed by atoms with Crippen LogP contribution in [0.5, 0.6) is 0 Å². The van der Waals surface area contributed by atoms with Crippen LogP contribution in [0, 0.1) is 0 Å². The van der Waals surface area contributed by atoms with E-state index in [1.807, 2.05) is 0 Å². The number of aromatic carboxylic acids is 1. The summed E-state index contributed by atoms with van der Waals surface area (Å²) in [4.78, 5) is 22.2. The molecule has 0 aliphatic heterocycles. The second kappa shape index (κ2) is 6.02. The monoisotopic (exact) mass is 221 g/mol. The van der Waals surface area contributed by atoms with E-state index in [4.69, 9.17) is 10.8 Å². The summed E-state index contributed by atoms with van der Waals surface area (Å²) in [5.41, 5.74) is 6.08. The molecule has 0 radical (unpaired) electrons. The van der Waals surface area contributed by atoms with E-state index in [2.05, 4.69) is 0 Å². The summed E-state index contributed by atoms with van der Waals surface area (Å²) in [7, 11) is 0. The highest BCUT2D eigenvalue weighted by molar-refractivity contribution is 5.97. The summed E-state index contributed by atoms with van der Waals surface area (Å²) in [5, 5.41) is 8.69. The van der Waals surface area contributed by atoms with Crippen molar-refractivity contribution < 1.29 is 14.7 Å². The van der Waals surface area contributed by atoms with Gasteiger partial charge in [0.2, 0.25) is 0 Å². The van der Waals surface area contributed by atoms with Gasteiger partial charge in [0, 0.05) is 12.0 Å². The Morgan fingerprint density at radius 3 is 2.12 bits per heavy atom. The van der Waals surface area contributed by atoms with E-state index in [1.165, 1.54) is 12.1 Å². The van der Waals surface area contributed by atoms with E-state index in [9.17, 15) is 9.59 Å². The maximum atomic E-state index is 11.6. The molecule has 1 aromatic rings. The van der Waals surface area contributed by atoms with Crippen LogP contribution < -0.4 is 5.73 Å². The lowest BCUT2D eigenvalue weighted by atomic mass is 10.0. The first-order valence-corrected chi connectivity index (χ1v) is 5.22. The molecule has 1 rings (SSSR count). The van der Waals surface area contributed by atoms with Crippen molar-refractivity contribution in [1.29, 1.82) is 0 Å². The first kappa shape index (κ1) is 12.4. The van der Waals surface area contributed by atoms with Gasteiger partial charge in [0.15, 0.2) is 5.78 Å². The summed E-state index contributed by atoms with van der Waals surface area (Å²) in [5.74, 6) is -0.951. The number of hydrogen-bond donors (Lipinski definition) is 2. The molecule has 0 aromatic heterocycles. The van der Waals surface area contributed by atoms with Crippen LogP contribution in [0.25, 0.3) is 0 Å². The topological polar surface area (TPSA) is 80.4 Å². The number of hydrogen-bond acceptors (Lipinski definition) is 3. The molecular formula is C12H15NO3. The zero-order valence-corrected chi connectivity index (χ0v) is 8.98. The number of ketones is 1. The Labute approximate surface area is 94.1 Å². The van der Waals surface area contributed by atoms with Crippen molar-refractivity contribution >= 4 is 11.8 Å². The minimum Gasteiger partial charge on any atom is -0.478 e. The number of benzene rings is 1. The Bertz CT molecular complexity index is 370. The maximum absolute atomic E-state index is 11.6. The standard InChI is InChI=1S/C12H15NO3/c13-8-2-1-3-11(14)9-4-6-10(7-5-9)12(15)16/h4-7H,1-3,8,13H2,(H,15,16). The fourth-order valence-corrected chi connectivity index (χ4v) is 1.37. The molecule has 0 spiro atoms. The lowest BCUT2D eigenvalue weighted by molar-refractivity contribution is 0.0696. The van der Waals surface area contributed by atoms with Crippen LogP contribution >= 0.6 is 0 Å². The van der Waals surface area contributed by atoms with Gasteiger partial charge in [0.1, 0.15) is 0 Å². The van der Waals surface area contributed by atoms with Crippen LogP contribution in [-0.4, -0.2) is 23.4 Å². The molecule has 1 aromatic carbocycles. The quantitative estimate of drug-likeness (QED) is 0.566. The summed E-state index contributed by atoms with van der Waals surface area (Å²) in [6, 6.07) is 5.99. The highest BCUT2D eigenvalue weighted by Crippen LogP contribution is 2.09. The SMILES string of the molecule is NCCCCC(=O)c1ccc(C(=O)O)cc1. The number of rotatable bonds is 6. The number of nitrogens with two attached hydrogens (primary N) is 1. The van der Waals surface area contributed by atoms with Gasteiger partial charge in [-0.3, -0.25) is 4.79 Å². The number of unbranched alkanes of at least 4 members (excludes halogenated alkanes) is 1. The molecule has 0 unspecified atom stereocenters. The molecule has 0 fully saturated rings. The van der Waals surface area contributed by atoms with Crippen LogP contribution in [0.2, 0.25) is 0 Å². The maximum Gasteiger partial charge on any atom is 0.335 e. The number of carboxylic acid groups (broad SMARTS) is 1. The zero-order chi connectivity index (χ0) is 12.0. The minimum absolute atomic E-state index is 0.0328. The third kappa shape index (κ3) is 3.47. The molecule has 0 heterocycles. The van der Waals surface area contributed by atoms with Crippen LogP contribution in [-0.2, 0) is 0 Å². The lowest BCUT2D eigenvalue weighted by Gasteiger charge is -2.01. The predicted octanol–water partition coefficient (Wildman–Crippen LogP) is 1.70. The van der Waals surface area contributed by atoms with Gasteiger partial charge < -0.3 is 10.8 Å². The lowest BCUT2D eigenvalue weighted by Crippen LogP contribution is -2.03. The van der Waals surface area contributed by atoms with Crippen molar-refractivity contribution in [2.24, 2.45) is 5.73 Å². The number of Topliss-reactive ketones (excluding diaryl/α,β-unsaturated/α-hetero) is 1. The third-order valence-corrected chi connectivity index (χ3v) is 2.31. The van der Waals surface area contributed by atoms with E-state index in [1.54, 1.807) is 12.1 Å². The molecule has 0 amide bonds. The number of carboxylic acids is 1. The van der Waals surface area contributed by atoms with Crippen molar-refractivity contribution in [3.8, 4) is 0 Å². The molecule has 0 saturated heterocycles.